The molecule has 0 fully saturated rings. The van der Waals surface area contributed by atoms with Crippen LogP contribution in [0.2, 0.25) is 6.04 Å². The van der Waals surface area contributed by atoms with Gasteiger partial charge in [-0.1, -0.05) is 0 Å². The molecule has 0 aromatic heterocycles. The van der Waals surface area contributed by atoms with E-state index in [9.17, 15) is 0 Å². The number of nitrogens with two attached hydrogens (primary N) is 1. The molecule has 0 aliphatic carbocycles. The normalized spacial score (nSPS) is 14.4. The summed E-state index contributed by atoms with van der Waals surface area (Å²) in [6, 6.07) is 0.731. The Kier molecular flexibility index (Phi) is 7.39. The zero-order valence-corrected chi connectivity index (χ0v) is 10.7. The van der Waals surface area contributed by atoms with E-state index in [-0.39, 0.29) is 6.04 Å². The molecule has 0 bridgehead atoms. The highest BCUT2D eigenvalue weighted by Crippen LogP contribution is 2.17. The van der Waals surface area contributed by atoms with Crippen LogP contribution in [0.5, 0.6) is 0 Å². The monoisotopic (exact) mass is 221 g/mol. The van der Waals surface area contributed by atoms with Crippen LogP contribution in [0.4, 0.5) is 0 Å². The standard InChI is InChI=1S/C9H23NO3Si/c1-5-11-14(12-6-2,13-7-3)8-9(4)10/h9H,5-8,10H2,1-4H3/t9-/m1/s1. The Morgan fingerprint density at radius 3 is 1.57 bits per heavy atom. The van der Waals surface area contributed by atoms with E-state index >= 15 is 0 Å². The van der Waals surface area contributed by atoms with Gasteiger partial charge in [0.15, 0.2) is 0 Å². The van der Waals surface area contributed by atoms with Crippen molar-refractivity contribution in [3.05, 3.63) is 0 Å². The van der Waals surface area contributed by atoms with Gasteiger partial charge in [0, 0.05) is 31.9 Å². The molecule has 2 N–H and O–H groups in total. The smallest absolute Gasteiger partial charge is 0.374 e. The summed E-state index contributed by atoms with van der Waals surface area (Å²) in [6.45, 7) is 9.61. The molecule has 0 aromatic carbocycles. The van der Waals surface area contributed by atoms with Crippen LogP contribution >= 0.6 is 0 Å². The Bertz CT molecular complexity index is 127. The third kappa shape index (κ3) is 5.07. The van der Waals surface area contributed by atoms with E-state index < -0.39 is 8.80 Å². The molecular formula is C9H23NO3Si. The Balaban J connectivity index is 4.37. The van der Waals surface area contributed by atoms with Crippen LogP contribution in [0.15, 0.2) is 0 Å². The summed E-state index contributed by atoms with van der Waals surface area (Å²) in [5.41, 5.74) is 5.76. The molecule has 86 valence electrons. The largest absolute Gasteiger partial charge is 0.502 e. The van der Waals surface area contributed by atoms with Crippen LogP contribution in [0.1, 0.15) is 27.7 Å². The maximum atomic E-state index is 5.76. The van der Waals surface area contributed by atoms with Crippen molar-refractivity contribution in [3.8, 4) is 0 Å². The van der Waals surface area contributed by atoms with Gasteiger partial charge in [0.2, 0.25) is 0 Å². The summed E-state index contributed by atoms with van der Waals surface area (Å²) in [4.78, 5) is 0. The van der Waals surface area contributed by atoms with Crippen molar-refractivity contribution in [2.75, 3.05) is 19.8 Å². The lowest BCUT2D eigenvalue weighted by atomic mass is 10.4. The summed E-state index contributed by atoms with van der Waals surface area (Å²) < 4.78 is 16.9. The van der Waals surface area contributed by atoms with Gasteiger partial charge in [-0.2, -0.15) is 0 Å². The van der Waals surface area contributed by atoms with E-state index in [1.54, 1.807) is 0 Å². The molecule has 5 heteroatoms. The Labute approximate surface area is 88.1 Å². The van der Waals surface area contributed by atoms with Crippen molar-refractivity contribution in [3.63, 3.8) is 0 Å². The van der Waals surface area contributed by atoms with Gasteiger partial charge in [-0.25, -0.2) is 0 Å². The minimum atomic E-state index is -2.48. The van der Waals surface area contributed by atoms with Crippen LogP contribution in [-0.2, 0) is 13.3 Å². The van der Waals surface area contributed by atoms with E-state index in [1.165, 1.54) is 0 Å². The van der Waals surface area contributed by atoms with E-state index in [4.69, 9.17) is 19.0 Å². The van der Waals surface area contributed by atoms with E-state index in [2.05, 4.69) is 0 Å². The van der Waals surface area contributed by atoms with Crippen molar-refractivity contribution in [2.24, 2.45) is 5.73 Å². The molecular weight excluding hydrogens is 198 g/mol. The summed E-state index contributed by atoms with van der Waals surface area (Å²) in [5.74, 6) is 0. The first-order valence-corrected chi connectivity index (χ1v) is 7.20. The minimum absolute atomic E-state index is 0.0475. The van der Waals surface area contributed by atoms with Crippen LogP contribution in [0, 0.1) is 0 Å². The first kappa shape index (κ1) is 14.1. The fraction of sp³-hybridized carbons (Fsp3) is 1.00. The molecule has 1 atom stereocenters. The number of rotatable bonds is 8. The quantitative estimate of drug-likeness (QED) is 0.629. The highest BCUT2D eigenvalue weighted by Gasteiger charge is 2.41. The van der Waals surface area contributed by atoms with Gasteiger partial charge in [0.25, 0.3) is 0 Å². The summed E-state index contributed by atoms with van der Waals surface area (Å²) >= 11 is 0. The van der Waals surface area contributed by atoms with Crippen molar-refractivity contribution >= 4 is 8.80 Å². The highest BCUT2D eigenvalue weighted by molar-refractivity contribution is 6.60. The van der Waals surface area contributed by atoms with Gasteiger partial charge in [-0.3, -0.25) is 0 Å². The fourth-order valence-electron chi connectivity index (χ4n) is 1.36. The predicted octanol–water partition coefficient (Wildman–Crippen LogP) is 1.38. The Hall–Kier alpha value is 0.0569. The molecule has 0 spiro atoms. The highest BCUT2D eigenvalue weighted by atomic mass is 28.4. The molecule has 0 saturated heterocycles. The summed E-state index contributed by atoms with van der Waals surface area (Å²) in [7, 11) is -2.48. The SMILES string of the molecule is CCO[Si](C[C@@H](C)N)(OCC)OCC. The van der Waals surface area contributed by atoms with Gasteiger partial charge in [-0.15, -0.1) is 0 Å². The topological polar surface area (TPSA) is 53.7 Å². The lowest BCUT2D eigenvalue weighted by Crippen LogP contribution is -2.49. The number of hydrogen-bond acceptors (Lipinski definition) is 4. The molecule has 0 unspecified atom stereocenters. The maximum Gasteiger partial charge on any atom is 0.502 e. The van der Waals surface area contributed by atoms with Gasteiger partial charge in [0.05, 0.1) is 0 Å². The molecule has 0 aromatic rings. The Morgan fingerprint density at radius 2 is 1.36 bits per heavy atom. The second-order valence-corrected chi connectivity index (χ2v) is 5.80. The molecule has 0 heterocycles. The average Bonchev–Trinajstić information content (AvgIpc) is 2.03. The van der Waals surface area contributed by atoms with Crippen molar-refractivity contribution in [1.82, 2.24) is 0 Å². The van der Waals surface area contributed by atoms with Crippen LogP contribution in [-0.4, -0.2) is 34.7 Å². The van der Waals surface area contributed by atoms with Gasteiger partial charge >= 0.3 is 8.80 Å². The Morgan fingerprint density at radius 1 is 1.00 bits per heavy atom. The molecule has 0 saturated carbocycles. The zero-order chi connectivity index (χ0) is 11.0. The molecule has 0 aliphatic heterocycles. The van der Waals surface area contributed by atoms with E-state index in [1.807, 2.05) is 27.7 Å². The van der Waals surface area contributed by atoms with Crippen LogP contribution in [0.25, 0.3) is 0 Å². The maximum absolute atomic E-state index is 5.76. The van der Waals surface area contributed by atoms with Crippen LogP contribution < -0.4 is 5.73 Å². The predicted molar refractivity (Wildman–Crippen MR) is 59.1 cm³/mol. The van der Waals surface area contributed by atoms with E-state index in [0.717, 1.165) is 0 Å². The molecule has 0 amide bonds. The first-order chi connectivity index (χ1) is 6.60. The van der Waals surface area contributed by atoms with Gasteiger partial charge in [0.1, 0.15) is 0 Å². The molecule has 4 nitrogen and oxygen atoms in total. The fourth-order valence-corrected chi connectivity index (χ4v) is 4.07. The number of hydrogen-bond donors (Lipinski definition) is 1. The molecule has 0 radical (unpaired) electrons. The van der Waals surface area contributed by atoms with E-state index in [0.29, 0.717) is 25.9 Å². The molecule has 0 aliphatic rings. The molecule has 14 heavy (non-hydrogen) atoms. The van der Waals surface area contributed by atoms with Crippen molar-refractivity contribution < 1.29 is 13.3 Å². The molecule has 0 rings (SSSR count). The average molecular weight is 221 g/mol. The first-order valence-electron chi connectivity index (χ1n) is 5.27. The van der Waals surface area contributed by atoms with Gasteiger partial charge in [-0.05, 0) is 27.7 Å². The zero-order valence-electron chi connectivity index (χ0n) is 9.71. The summed E-state index contributed by atoms with van der Waals surface area (Å²) in [5, 5.41) is 0. The minimum Gasteiger partial charge on any atom is -0.374 e. The third-order valence-electron chi connectivity index (χ3n) is 1.66. The summed E-state index contributed by atoms with van der Waals surface area (Å²) in [6.07, 6.45) is 0. The van der Waals surface area contributed by atoms with Crippen LogP contribution in [0.3, 0.4) is 0 Å². The second-order valence-electron chi connectivity index (χ2n) is 3.16. The van der Waals surface area contributed by atoms with Crippen molar-refractivity contribution in [1.29, 1.82) is 0 Å². The van der Waals surface area contributed by atoms with Crippen molar-refractivity contribution in [2.45, 2.75) is 39.8 Å². The lowest BCUT2D eigenvalue weighted by Gasteiger charge is -2.29. The third-order valence-corrected chi connectivity index (χ3v) is 4.99. The second kappa shape index (κ2) is 7.36. The lowest BCUT2D eigenvalue weighted by molar-refractivity contribution is 0.0701. The van der Waals surface area contributed by atoms with Gasteiger partial charge < -0.3 is 19.0 Å².